The molecule has 0 spiro atoms. The van der Waals surface area contributed by atoms with Crippen molar-refractivity contribution in [3.05, 3.63) is 29.1 Å². The molecule has 5 heteroatoms. The summed E-state index contributed by atoms with van der Waals surface area (Å²) in [6.07, 6.45) is 5.11. The highest BCUT2D eigenvalue weighted by Gasteiger charge is 2.03. The van der Waals surface area contributed by atoms with Gasteiger partial charge in [-0.1, -0.05) is 0 Å². The molecule has 0 aliphatic rings. The normalized spacial score (nSPS) is 10.1. The molecule has 4 nitrogen and oxygen atoms in total. The summed E-state index contributed by atoms with van der Waals surface area (Å²) in [4.78, 5) is 3.95. The SMILES string of the molecule is Brc1cnccc1-c1cn[nH]n1. The van der Waals surface area contributed by atoms with Crippen LogP contribution in [-0.4, -0.2) is 20.4 Å². The van der Waals surface area contributed by atoms with Gasteiger partial charge in [0.05, 0.1) is 6.20 Å². The fourth-order valence-electron chi connectivity index (χ4n) is 0.914. The predicted molar refractivity (Wildman–Crippen MR) is 47.3 cm³/mol. The molecule has 2 aromatic rings. The number of aromatic amines is 1. The third kappa shape index (κ3) is 1.23. The molecular formula is C7H5BrN4. The molecular weight excluding hydrogens is 220 g/mol. The zero-order valence-corrected chi connectivity index (χ0v) is 7.62. The Hall–Kier alpha value is -1.23. The van der Waals surface area contributed by atoms with Gasteiger partial charge in [0.15, 0.2) is 0 Å². The maximum Gasteiger partial charge on any atom is 0.114 e. The minimum absolute atomic E-state index is 0.810. The van der Waals surface area contributed by atoms with Crippen LogP contribution < -0.4 is 0 Å². The second-order valence-electron chi connectivity index (χ2n) is 2.21. The van der Waals surface area contributed by atoms with Gasteiger partial charge in [0, 0.05) is 22.4 Å². The average molecular weight is 225 g/mol. The highest BCUT2D eigenvalue weighted by atomic mass is 79.9. The molecule has 0 unspecified atom stereocenters. The zero-order valence-electron chi connectivity index (χ0n) is 6.03. The van der Waals surface area contributed by atoms with E-state index in [1.54, 1.807) is 18.6 Å². The number of H-pyrrole nitrogens is 1. The van der Waals surface area contributed by atoms with Gasteiger partial charge < -0.3 is 0 Å². The van der Waals surface area contributed by atoms with Crippen molar-refractivity contribution in [2.24, 2.45) is 0 Å². The minimum atomic E-state index is 0.810. The van der Waals surface area contributed by atoms with E-state index in [-0.39, 0.29) is 0 Å². The van der Waals surface area contributed by atoms with Crippen molar-refractivity contribution in [2.45, 2.75) is 0 Å². The molecule has 0 amide bonds. The van der Waals surface area contributed by atoms with Crippen LogP contribution in [0.1, 0.15) is 0 Å². The lowest BCUT2D eigenvalue weighted by Crippen LogP contribution is -1.80. The van der Waals surface area contributed by atoms with Crippen molar-refractivity contribution in [3.63, 3.8) is 0 Å². The summed E-state index contributed by atoms with van der Waals surface area (Å²) in [6.45, 7) is 0. The summed E-state index contributed by atoms with van der Waals surface area (Å²) in [6, 6.07) is 1.88. The number of halogens is 1. The van der Waals surface area contributed by atoms with Gasteiger partial charge >= 0.3 is 0 Å². The van der Waals surface area contributed by atoms with Crippen LogP contribution >= 0.6 is 15.9 Å². The molecule has 1 N–H and O–H groups in total. The Labute approximate surface area is 77.2 Å². The van der Waals surface area contributed by atoms with Gasteiger partial charge in [0.25, 0.3) is 0 Å². The molecule has 0 saturated heterocycles. The Morgan fingerprint density at radius 2 is 2.25 bits per heavy atom. The lowest BCUT2D eigenvalue weighted by Gasteiger charge is -1.96. The Bertz CT molecular complexity index is 371. The first-order chi connectivity index (χ1) is 5.88. The molecule has 2 heterocycles. The average Bonchev–Trinajstić information content (AvgIpc) is 2.57. The topological polar surface area (TPSA) is 54.5 Å². The van der Waals surface area contributed by atoms with E-state index >= 15 is 0 Å². The second kappa shape index (κ2) is 3.02. The van der Waals surface area contributed by atoms with Gasteiger partial charge in [-0.25, -0.2) is 0 Å². The quantitative estimate of drug-likeness (QED) is 0.802. The minimum Gasteiger partial charge on any atom is -0.264 e. The third-order valence-electron chi connectivity index (χ3n) is 1.46. The van der Waals surface area contributed by atoms with E-state index in [9.17, 15) is 0 Å². The second-order valence-corrected chi connectivity index (χ2v) is 3.07. The lowest BCUT2D eigenvalue weighted by atomic mass is 10.2. The molecule has 2 rings (SSSR count). The van der Waals surface area contributed by atoms with Crippen LogP contribution in [0, 0.1) is 0 Å². The lowest BCUT2D eigenvalue weighted by molar-refractivity contribution is 0.942. The van der Waals surface area contributed by atoms with Gasteiger partial charge in [-0.15, -0.1) is 0 Å². The number of hydrogen-bond acceptors (Lipinski definition) is 3. The number of hydrogen-bond donors (Lipinski definition) is 1. The van der Waals surface area contributed by atoms with E-state index in [0.717, 1.165) is 15.7 Å². The molecule has 0 aliphatic carbocycles. The van der Waals surface area contributed by atoms with E-state index in [0.29, 0.717) is 0 Å². The van der Waals surface area contributed by atoms with Crippen LogP contribution in [0.5, 0.6) is 0 Å². The van der Waals surface area contributed by atoms with E-state index in [4.69, 9.17) is 0 Å². The Kier molecular flexibility index (Phi) is 1.87. The summed E-state index contributed by atoms with van der Waals surface area (Å²) >= 11 is 3.37. The predicted octanol–water partition coefficient (Wildman–Crippen LogP) is 1.63. The smallest absolute Gasteiger partial charge is 0.114 e. The van der Waals surface area contributed by atoms with E-state index in [1.165, 1.54) is 0 Å². The first kappa shape index (κ1) is 7.42. The highest BCUT2D eigenvalue weighted by molar-refractivity contribution is 9.10. The largest absolute Gasteiger partial charge is 0.264 e. The summed E-state index contributed by atoms with van der Waals surface area (Å²) in [5.41, 5.74) is 1.79. The van der Waals surface area contributed by atoms with E-state index < -0.39 is 0 Å². The van der Waals surface area contributed by atoms with Crippen LogP contribution in [0.4, 0.5) is 0 Å². The molecule has 0 saturated carbocycles. The van der Waals surface area contributed by atoms with Gasteiger partial charge in [-0.3, -0.25) is 4.98 Å². The maximum atomic E-state index is 3.95. The Morgan fingerprint density at radius 1 is 1.33 bits per heavy atom. The van der Waals surface area contributed by atoms with E-state index in [2.05, 4.69) is 36.3 Å². The van der Waals surface area contributed by atoms with Crippen molar-refractivity contribution in [1.29, 1.82) is 0 Å². The van der Waals surface area contributed by atoms with E-state index in [1.807, 2.05) is 6.07 Å². The molecule has 0 fully saturated rings. The number of nitrogens with zero attached hydrogens (tertiary/aromatic N) is 3. The van der Waals surface area contributed by atoms with Crippen molar-refractivity contribution in [1.82, 2.24) is 20.4 Å². The standard InChI is InChI=1S/C7H5BrN4/c8-6-3-9-2-1-5(6)7-4-10-12-11-7/h1-4H,(H,10,11,12). The van der Waals surface area contributed by atoms with Gasteiger partial charge in [0.1, 0.15) is 5.69 Å². The van der Waals surface area contributed by atoms with Crippen LogP contribution in [-0.2, 0) is 0 Å². The molecule has 0 aromatic carbocycles. The Morgan fingerprint density at radius 3 is 2.92 bits per heavy atom. The van der Waals surface area contributed by atoms with Crippen LogP contribution in [0.3, 0.4) is 0 Å². The zero-order chi connectivity index (χ0) is 8.39. The monoisotopic (exact) mass is 224 g/mol. The van der Waals surface area contributed by atoms with Gasteiger partial charge in [-0.2, -0.15) is 15.4 Å². The van der Waals surface area contributed by atoms with Crippen LogP contribution in [0.15, 0.2) is 29.1 Å². The Balaban J connectivity index is 2.55. The number of rotatable bonds is 1. The number of nitrogens with one attached hydrogen (secondary N) is 1. The molecule has 0 radical (unpaired) electrons. The summed E-state index contributed by atoms with van der Waals surface area (Å²) in [5.74, 6) is 0. The molecule has 0 bridgehead atoms. The van der Waals surface area contributed by atoms with Crippen molar-refractivity contribution >= 4 is 15.9 Å². The molecule has 0 aliphatic heterocycles. The summed E-state index contributed by atoms with van der Waals surface area (Å²) < 4.78 is 0.916. The first-order valence-electron chi connectivity index (χ1n) is 3.33. The third-order valence-corrected chi connectivity index (χ3v) is 2.10. The van der Waals surface area contributed by atoms with Gasteiger partial charge in [-0.05, 0) is 22.0 Å². The van der Waals surface area contributed by atoms with Crippen LogP contribution in [0.2, 0.25) is 0 Å². The molecule has 60 valence electrons. The maximum absolute atomic E-state index is 3.95. The van der Waals surface area contributed by atoms with Crippen molar-refractivity contribution in [3.8, 4) is 11.3 Å². The van der Waals surface area contributed by atoms with Crippen molar-refractivity contribution in [2.75, 3.05) is 0 Å². The van der Waals surface area contributed by atoms with Gasteiger partial charge in [0.2, 0.25) is 0 Å². The molecule has 2 aromatic heterocycles. The number of aromatic nitrogens is 4. The first-order valence-corrected chi connectivity index (χ1v) is 4.13. The molecule has 12 heavy (non-hydrogen) atoms. The fourth-order valence-corrected chi connectivity index (χ4v) is 1.37. The summed E-state index contributed by atoms with van der Waals surface area (Å²) in [7, 11) is 0. The molecule has 0 atom stereocenters. The fraction of sp³-hybridized carbons (Fsp3) is 0. The highest BCUT2D eigenvalue weighted by Crippen LogP contribution is 2.23. The number of pyridine rings is 1. The van der Waals surface area contributed by atoms with Crippen LogP contribution in [0.25, 0.3) is 11.3 Å². The summed E-state index contributed by atoms with van der Waals surface area (Å²) in [5, 5.41) is 10.2. The van der Waals surface area contributed by atoms with Crippen molar-refractivity contribution < 1.29 is 0 Å².